The first-order valence-corrected chi connectivity index (χ1v) is 7.58. The highest BCUT2D eigenvalue weighted by molar-refractivity contribution is 5.98. The minimum atomic E-state index is -1.08. The Bertz CT molecular complexity index is 624. The zero-order valence-electron chi connectivity index (χ0n) is 12.5. The van der Waals surface area contributed by atoms with Gasteiger partial charge in [-0.25, -0.2) is 4.79 Å². The summed E-state index contributed by atoms with van der Waals surface area (Å²) >= 11 is 0. The number of carboxylic acid groups (broad SMARTS) is 1. The number of morpholine rings is 1. The molecule has 2 aliphatic rings. The number of rotatable bonds is 4. The number of carbonyl (C=O) groups is 3. The third kappa shape index (κ3) is 3.50. The molecule has 0 bridgehead atoms. The van der Waals surface area contributed by atoms with Crippen LogP contribution in [0.1, 0.15) is 23.2 Å². The minimum Gasteiger partial charge on any atom is -0.480 e. The molecule has 1 saturated heterocycles. The summed E-state index contributed by atoms with van der Waals surface area (Å²) < 4.78 is 5.13. The van der Waals surface area contributed by atoms with Crippen molar-refractivity contribution in [3.8, 4) is 0 Å². The molecule has 23 heavy (non-hydrogen) atoms. The topological polar surface area (TPSA) is 95.9 Å². The molecule has 1 aliphatic carbocycles. The second kappa shape index (κ2) is 6.37. The maximum Gasteiger partial charge on any atom is 0.328 e. The molecule has 1 aliphatic heterocycles. The van der Waals surface area contributed by atoms with E-state index in [9.17, 15) is 19.5 Å². The monoisotopic (exact) mass is 318 g/mol. The van der Waals surface area contributed by atoms with Gasteiger partial charge in [0.05, 0.1) is 13.2 Å². The smallest absolute Gasteiger partial charge is 0.328 e. The van der Waals surface area contributed by atoms with Crippen molar-refractivity contribution in [2.24, 2.45) is 5.92 Å². The Morgan fingerprint density at radius 3 is 2.48 bits per heavy atom. The fourth-order valence-corrected chi connectivity index (χ4v) is 2.50. The van der Waals surface area contributed by atoms with Gasteiger partial charge in [-0.3, -0.25) is 9.59 Å². The third-order valence-electron chi connectivity index (χ3n) is 4.02. The van der Waals surface area contributed by atoms with E-state index in [2.05, 4.69) is 5.32 Å². The lowest BCUT2D eigenvalue weighted by Crippen LogP contribution is -2.52. The summed E-state index contributed by atoms with van der Waals surface area (Å²) in [5.41, 5.74) is 1.03. The second-order valence-corrected chi connectivity index (χ2v) is 5.77. The highest BCUT2D eigenvalue weighted by Gasteiger charge is 2.33. The molecule has 2 amide bonds. The summed E-state index contributed by atoms with van der Waals surface area (Å²) in [5, 5.41) is 12.0. The van der Waals surface area contributed by atoms with Gasteiger partial charge in [0, 0.05) is 23.7 Å². The van der Waals surface area contributed by atoms with Crippen LogP contribution in [-0.2, 0) is 14.3 Å². The van der Waals surface area contributed by atoms with Crippen LogP contribution in [0.3, 0.4) is 0 Å². The van der Waals surface area contributed by atoms with Crippen LogP contribution in [0, 0.1) is 5.92 Å². The Morgan fingerprint density at radius 2 is 1.87 bits per heavy atom. The Labute approximate surface area is 133 Å². The van der Waals surface area contributed by atoms with Gasteiger partial charge in [-0.1, -0.05) is 0 Å². The van der Waals surface area contributed by atoms with Crippen LogP contribution in [0.25, 0.3) is 0 Å². The lowest BCUT2D eigenvalue weighted by molar-refractivity contribution is -0.147. The van der Waals surface area contributed by atoms with Crippen LogP contribution < -0.4 is 5.32 Å². The standard InChI is InChI=1S/C16H18N2O5/c19-14(10-1-2-10)17-12-5-3-11(4-6-12)15(20)18-7-8-23-9-13(18)16(21)22/h3-6,10,13H,1-2,7-9H2,(H,17,19)(H,21,22). The number of amides is 2. The molecule has 2 N–H and O–H groups in total. The molecule has 3 rings (SSSR count). The molecule has 0 spiro atoms. The number of hydrogen-bond acceptors (Lipinski definition) is 4. The van der Waals surface area contributed by atoms with Gasteiger partial charge in [0.2, 0.25) is 5.91 Å². The molecular weight excluding hydrogens is 300 g/mol. The average molecular weight is 318 g/mol. The summed E-state index contributed by atoms with van der Waals surface area (Å²) in [5.74, 6) is -1.31. The number of aliphatic carboxylic acids is 1. The quantitative estimate of drug-likeness (QED) is 0.862. The number of carbonyl (C=O) groups excluding carboxylic acids is 2. The van der Waals surface area contributed by atoms with Crippen molar-refractivity contribution in [1.29, 1.82) is 0 Å². The van der Waals surface area contributed by atoms with Crippen molar-refractivity contribution in [1.82, 2.24) is 4.90 Å². The molecule has 122 valence electrons. The highest BCUT2D eigenvalue weighted by atomic mass is 16.5. The van der Waals surface area contributed by atoms with Gasteiger partial charge in [0.1, 0.15) is 0 Å². The lowest BCUT2D eigenvalue weighted by Gasteiger charge is -2.32. The predicted molar refractivity (Wildman–Crippen MR) is 81.1 cm³/mol. The first-order valence-electron chi connectivity index (χ1n) is 7.58. The fourth-order valence-electron chi connectivity index (χ4n) is 2.50. The molecule has 1 aromatic carbocycles. The van der Waals surface area contributed by atoms with E-state index in [1.807, 2.05) is 0 Å². The van der Waals surface area contributed by atoms with E-state index in [4.69, 9.17) is 4.74 Å². The molecular formula is C16H18N2O5. The van der Waals surface area contributed by atoms with Gasteiger partial charge < -0.3 is 20.1 Å². The first-order chi connectivity index (χ1) is 11.1. The number of benzene rings is 1. The summed E-state index contributed by atoms with van der Waals surface area (Å²) in [6.07, 6.45) is 1.85. The van der Waals surface area contributed by atoms with Gasteiger partial charge in [-0.05, 0) is 37.1 Å². The van der Waals surface area contributed by atoms with Crippen LogP contribution in [0.2, 0.25) is 0 Å². The molecule has 7 nitrogen and oxygen atoms in total. The lowest BCUT2D eigenvalue weighted by atomic mass is 10.1. The van der Waals surface area contributed by atoms with E-state index in [0.717, 1.165) is 12.8 Å². The van der Waals surface area contributed by atoms with Gasteiger partial charge in [-0.2, -0.15) is 0 Å². The average Bonchev–Trinajstić information content (AvgIpc) is 3.40. The minimum absolute atomic E-state index is 0.00296. The van der Waals surface area contributed by atoms with E-state index in [1.54, 1.807) is 24.3 Å². The van der Waals surface area contributed by atoms with Crippen LogP contribution in [0.5, 0.6) is 0 Å². The van der Waals surface area contributed by atoms with Gasteiger partial charge in [0.25, 0.3) is 5.91 Å². The summed E-state index contributed by atoms with van der Waals surface area (Å²) in [7, 11) is 0. The predicted octanol–water partition coefficient (Wildman–Crippen LogP) is 0.961. The van der Waals surface area contributed by atoms with Gasteiger partial charge in [-0.15, -0.1) is 0 Å². The number of anilines is 1. The molecule has 1 unspecified atom stereocenters. The van der Waals surface area contributed by atoms with Crippen LogP contribution >= 0.6 is 0 Å². The second-order valence-electron chi connectivity index (χ2n) is 5.77. The number of ether oxygens (including phenoxy) is 1. The molecule has 7 heteroatoms. The number of nitrogens with zero attached hydrogens (tertiary/aromatic N) is 1. The molecule has 0 radical (unpaired) electrons. The van der Waals surface area contributed by atoms with E-state index < -0.39 is 12.0 Å². The van der Waals surface area contributed by atoms with Crippen LogP contribution in [0.15, 0.2) is 24.3 Å². The molecule has 1 heterocycles. The first kappa shape index (κ1) is 15.5. The van der Waals surface area contributed by atoms with Crippen molar-refractivity contribution in [3.63, 3.8) is 0 Å². The molecule has 1 saturated carbocycles. The number of hydrogen-bond donors (Lipinski definition) is 2. The molecule has 1 aromatic rings. The van der Waals surface area contributed by atoms with E-state index in [-0.39, 0.29) is 30.9 Å². The number of carboxylic acids is 1. The summed E-state index contributed by atoms with van der Waals surface area (Å²) in [6, 6.07) is 5.54. The van der Waals surface area contributed by atoms with E-state index in [0.29, 0.717) is 17.9 Å². The zero-order chi connectivity index (χ0) is 16.4. The van der Waals surface area contributed by atoms with Crippen LogP contribution in [-0.4, -0.2) is 53.6 Å². The normalized spacial score (nSPS) is 20.9. The SMILES string of the molecule is O=C(Nc1ccc(C(=O)N2CCOCC2C(=O)O)cc1)C1CC1. The van der Waals surface area contributed by atoms with Gasteiger partial charge >= 0.3 is 5.97 Å². The Hall–Kier alpha value is -2.41. The summed E-state index contributed by atoms with van der Waals surface area (Å²) in [6.45, 7) is 0.567. The fraction of sp³-hybridized carbons (Fsp3) is 0.438. The van der Waals surface area contributed by atoms with Crippen molar-refractivity contribution in [2.75, 3.05) is 25.1 Å². The van der Waals surface area contributed by atoms with Crippen molar-refractivity contribution in [2.45, 2.75) is 18.9 Å². The largest absolute Gasteiger partial charge is 0.480 e. The Morgan fingerprint density at radius 1 is 1.17 bits per heavy atom. The van der Waals surface area contributed by atoms with Crippen LogP contribution in [0.4, 0.5) is 5.69 Å². The van der Waals surface area contributed by atoms with Crippen molar-refractivity contribution in [3.05, 3.63) is 29.8 Å². The maximum absolute atomic E-state index is 12.5. The molecule has 2 fully saturated rings. The molecule has 1 atom stereocenters. The number of nitrogens with one attached hydrogen (secondary N) is 1. The maximum atomic E-state index is 12.5. The Kier molecular flexibility index (Phi) is 4.29. The third-order valence-corrected chi connectivity index (χ3v) is 4.02. The van der Waals surface area contributed by atoms with E-state index >= 15 is 0 Å². The molecule has 0 aromatic heterocycles. The summed E-state index contributed by atoms with van der Waals surface area (Å²) in [4.78, 5) is 36.7. The van der Waals surface area contributed by atoms with Crippen molar-refractivity contribution < 1.29 is 24.2 Å². The Balaban J connectivity index is 1.68. The van der Waals surface area contributed by atoms with E-state index in [1.165, 1.54) is 4.90 Å². The van der Waals surface area contributed by atoms with Gasteiger partial charge in [0.15, 0.2) is 6.04 Å². The highest BCUT2D eigenvalue weighted by Crippen LogP contribution is 2.30. The van der Waals surface area contributed by atoms with Crippen molar-refractivity contribution >= 4 is 23.5 Å². The zero-order valence-corrected chi connectivity index (χ0v) is 12.5.